The van der Waals surface area contributed by atoms with Gasteiger partial charge in [-0.05, 0) is 90.4 Å². The quantitative estimate of drug-likeness (QED) is 0.120. The van der Waals surface area contributed by atoms with E-state index in [0.717, 1.165) is 70.3 Å². The van der Waals surface area contributed by atoms with Crippen molar-refractivity contribution in [1.29, 1.82) is 0 Å². The molecule has 0 bridgehead atoms. The number of halogens is 1. The number of non-ortho nitro benzene ring substituents is 1. The van der Waals surface area contributed by atoms with Crippen molar-refractivity contribution < 1.29 is 24.0 Å². The third-order valence-electron chi connectivity index (χ3n) is 8.72. The first kappa shape index (κ1) is 31.0. The number of benzene rings is 3. The van der Waals surface area contributed by atoms with E-state index in [1.165, 1.54) is 17.7 Å². The predicted molar refractivity (Wildman–Crippen MR) is 179 cm³/mol. The van der Waals surface area contributed by atoms with Gasteiger partial charge in [0.1, 0.15) is 6.61 Å². The number of nitrogens with zero attached hydrogens (tertiary/aromatic N) is 2. The molecule has 3 aromatic carbocycles. The molecule has 0 unspecified atom stereocenters. The van der Waals surface area contributed by atoms with E-state index in [1.54, 1.807) is 12.1 Å². The lowest BCUT2D eigenvalue weighted by atomic mass is 9.71. The summed E-state index contributed by atoms with van der Waals surface area (Å²) in [5.41, 5.74) is 6.34. The Kier molecular flexibility index (Phi) is 9.34. The number of nitro groups is 1. The molecule has 45 heavy (non-hydrogen) atoms. The van der Waals surface area contributed by atoms with Gasteiger partial charge in [-0.1, -0.05) is 42.5 Å². The van der Waals surface area contributed by atoms with Crippen LogP contribution in [0.1, 0.15) is 68.1 Å². The molecule has 0 saturated heterocycles. The predicted octanol–water partition coefficient (Wildman–Crippen LogP) is 7.83. The largest absolute Gasteiger partial charge is 0.490 e. The van der Waals surface area contributed by atoms with Gasteiger partial charge in [0.05, 0.1) is 15.1 Å². The van der Waals surface area contributed by atoms with Crippen LogP contribution in [0.4, 0.5) is 5.69 Å². The Morgan fingerprint density at radius 2 is 1.53 bits per heavy atom. The van der Waals surface area contributed by atoms with Gasteiger partial charge in [0, 0.05) is 60.0 Å². The van der Waals surface area contributed by atoms with Crippen molar-refractivity contribution in [1.82, 2.24) is 4.90 Å². The van der Waals surface area contributed by atoms with Gasteiger partial charge in [0.2, 0.25) is 0 Å². The molecule has 3 aromatic rings. The summed E-state index contributed by atoms with van der Waals surface area (Å²) in [6.45, 7) is 3.13. The zero-order valence-corrected chi connectivity index (χ0v) is 27.4. The molecule has 8 nitrogen and oxygen atoms in total. The molecule has 9 heteroatoms. The number of Topliss-reactive ketones (excluding diaryl/α,β-unsaturated/α-hetero) is 2. The molecule has 0 fully saturated rings. The SMILES string of the molecule is CCOc1cc(C2C3=C(CCCC3=O)N(CCc3ccccc3)C3=C2C(=O)CCC3)cc(I)c1OCc1cccc([N+](=O)[O-])c1. The van der Waals surface area contributed by atoms with E-state index in [9.17, 15) is 19.7 Å². The highest BCUT2D eigenvalue weighted by atomic mass is 127. The van der Waals surface area contributed by atoms with Gasteiger partial charge in [0.25, 0.3) is 5.69 Å². The van der Waals surface area contributed by atoms with Crippen LogP contribution in [0.2, 0.25) is 0 Å². The van der Waals surface area contributed by atoms with E-state index < -0.39 is 10.8 Å². The van der Waals surface area contributed by atoms with E-state index >= 15 is 0 Å². The van der Waals surface area contributed by atoms with Crippen LogP contribution in [0.3, 0.4) is 0 Å². The third-order valence-corrected chi connectivity index (χ3v) is 9.52. The van der Waals surface area contributed by atoms with Crippen molar-refractivity contribution >= 4 is 39.8 Å². The molecule has 0 saturated carbocycles. The maximum absolute atomic E-state index is 13.8. The Morgan fingerprint density at radius 3 is 2.18 bits per heavy atom. The van der Waals surface area contributed by atoms with Crippen LogP contribution in [0.5, 0.6) is 11.5 Å². The second kappa shape index (κ2) is 13.6. The highest BCUT2D eigenvalue weighted by molar-refractivity contribution is 14.1. The number of carbonyl (C=O) groups excluding carboxylic acids is 2. The number of carbonyl (C=O) groups is 2. The molecule has 232 valence electrons. The normalized spacial score (nSPS) is 16.9. The molecule has 1 aliphatic heterocycles. The lowest BCUT2D eigenvalue weighted by Crippen LogP contribution is -2.40. The molecule has 0 N–H and O–H groups in total. The van der Waals surface area contributed by atoms with Crippen molar-refractivity contribution in [3.8, 4) is 11.5 Å². The van der Waals surface area contributed by atoms with Crippen LogP contribution >= 0.6 is 22.6 Å². The van der Waals surface area contributed by atoms with E-state index in [4.69, 9.17) is 9.47 Å². The second-order valence-corrected chi connectivity index (χ2v) is 12.7. The first-order valence-electron chi connectivity index (χ1n) is 15.5. The molecular weight excluding hydrogens is 683 g/mol. The van der Waals surface area contributed by atoms with Gasteiger partial charge in [-0.2, -0.15) is 0 Å². The van der Waals surface area contributed by atoms with Gasteiger partial charge in [-0.25, -0.2) is 0 Å². The van der Waals surface area contributed by atoms with E-state index in [1.807, 2.05) is 37.3 Å². The summed E-state index contributed by atoms with van der Waals surface area (Å²) in [7, 11) is 0. The van der Waals surface area contributed by atoms with Gasteiger partial charge in [-0.3, -0.25) is 19.7 Å². The van der Waals surface area contributed by atoms with E-state index in [-0.39, 0.29) is 23.9 Å². The van der Waals surface area contributed by atoms with Crippen molar-refractivity contribution in [2.45, 2.75) is 64.4 Å². The molecule has 0 aromatic heterocycles. The van der Waals surface area contributed by atoms with Crippen molar-refractivity contribution in [3.63, 3.8) is 0 Å². The Bertz CT molecular complexity index is 1670. The Hall–Kier alpha value is -3.99. The fourth-order valence-electron chi connectivity index (χ4n) is 6.78. The van der Waals surface area contributed by atoms with Crippen molar-refractivity contribution in [2.75, 3.05) is 13.2 Å². The number of ketones is 2. The summed E-state index contributed by atoms with van der Waals surface area (Å²) in [5.74, 6) is 0.806. The fourth-order valence-corrected chi connectivity index (χ4v) is 7.56. The number of allylic oxidation sites excluding steroid dienone is 4. The zero-order chi connectivity index (χ0) is 31.5. The summed E-state index contributed by atoms with van der Waals surface area (Å²) in [4.78, 5) is 40.7. The average molecular weight is 719 g/mol. The van der Waals surface area contributed by atoms with Crippen LogP contribution in [0, 0.1) is 13.7 Å². The molecule has 1 heterocycles. The standard InChI is InChI=1S/C36H35IN2O6/c1-2-44-32-21-25(20-27(37)36(32)45-22-24-11-6-12-26(19-24)39(42)43)33-34-28(13-7-15-30(34)40)38(18-17-23-9-4-3-5-10-23)29-14-8-16-31(41)35(29)33/h3-6,9-12,19-21,33H,2,7-8,13-18,22H2,1H3. The zero-order valence-electron chi connectivity index (χ0n) is 25.2. The fraction of sp³-hybridized carbons (Fsp3) is 0.333. The van der Waals surface area contributed by atoms with Crippen molar-refractivity contribution in [3.05, 3.63) is 120 Å². The second-order valence-electron chi connectivity index (χ2n) is 11.6. The maximum atomic E-state index is 13.8. The van der Waals surface area contributed by atoms with Crippen LogP contribution in [-0.4, -0.2) is 34.5 Å². The topological polar surface area (TPSA) is 99.0 Å². The monoisotopic (exact) mass is 718 g/mol. The lowest BCUT2D eigenvalue weighted by molar-refractivity contribution is -0.384. The first-order chi connectivity index (χ1) is 21.9. The summed E-state index contributed by atoms with van der Waals surface area (Å²) < 4.78 is 13.1. The number of hydrogen-bond donors (Lipinski definition) is 0. The molecular formula is C36H35IN2O6. The van der Waals surface area contributed by atoms with Crippen LogP contribution in [-0.2, 0) is 22.6 Å². The minimum atomic E-state index is -0.456. The van der Waals surface area contributed by atoms with Crippen molar-refractivity contribution in [2.24, 2.45) is 0 Å². The van der Waals surface area contributed by atoms with E-state index in [2.05, 4.69) is 39.6 Å². The maximum Gasteiger partial charge on any atom is 0.269 e. The Labute approximate surface area is 276 Å². The molecule has 0 atom stereocenters. The molecule has 0 spiro atoms. The molecule has 6 rings (SSSR count). The Balaban J connectivity index is 1.40. The Morgan fingerprint density at radius 1 is 0.867 bits per heavy atom. The molecule has 3 aliphatic rings. The van der Waals surface area contributed by atoms with Gasteiger partial charge < -0.3 is 14.4 Å². The summed E-state index contributed by atoms with van der Waals surface area (Å²) in [5, 5.41) is 11.3. The van der Waals surface area contributed by atoms with Crippen LogP contribution < -0.4 is 9.47 Å². The average Bonchev–Trinajstić information content (AvgIpc) is 3.04. The van der Waals surface area contributed by atoms with Gasteiger partial charge in [-0.15, -0.1) is 0 Å². The summed E-state index contributed by atoms with van der Waals surface area (Å²) in [6, 6.07) is 20.6. The smallest absolute Gasteiger partial charge is 0.269 e. The van der Waals surface area contributed by atoms with E-state index in [0.29, 0.717) is 36.5 Å². The number of ether oxygens (including phenoxy) is 2. The van der Waals surface area contributed by atoms with Crippen LogP contribution in [0.15, 0.2) is 89.3 Å². The highest BCUT2D eigenvalue weighted by Crippen LogP contribution is 2.50. The molecule has 0 amide bonds. The summed E-state index contributed by atoms with van der Waals surface area (Å²) >= 11 is 2.21. The minimum absolute atomic E-state index is 0.00347. The third kappa shape index (κ3) is 6.40. The number of rotatable bonds is 10. The molecule has 2 aliphatic carbocycles. The summed E-state index contributed by atoms with van der Waals surface area (Å²) in [6.07, 6.45) is 4.97. The number of nitro benzene ring substituents is 1. The first-order valence-corrected chi connectivity index (χ1v) is 16.6. The number of hydrogen-bond acceptors (Lipinski definition) is 7. The molecule has 0 radical (unpaired) electrons. The highest BCUT2D eigenvalue weighted by Gasteiger charge is 2.43. The van der Waals surface area contributed by atoms with Crippen LogP contribution in [0.25, 0.3) is 0 Å². The van der Waals surface area contributed by atoms with Gasteiger partial charge >= 0.3 is 0 Å². The minimum Gasteiger partial charge on any atom is -0.490 e. The van der Waals surface area contributed by atoms with Gasteiger partial charge in [0.15, 0.2) is 23.1 Å². The lowest BCUT2D eigenvalue weighted by Gasteiger charge is -2.44.